The molecule has 20 heavy (non-hydrogen) atoms. The number of hydrogen-bond acceptors (Lipinski definition) is 5. The lowest BCUT2D eigenvalue weighted by atomic mass is 10.1. The van der Waals surface area contributed by atoms with E-state index in [9.17, 15) is 18.4 Å². The summed E-state index contributed by atoms with van der Waals surface area (Å²) < 4.78 is 32.0. The molecule has 5 nitrogen and oxygen atoms in total. The van der Waals surface area contributed by atoms with Gasteiger partial charge < -0.3 is 4.52 Å². The Balaban J connectivity index is 2.21. The van der Waals surface area contributed by atoms with Gasteiger partial charge in [0.15, 0.2) is 17.9 Å². The van der Waals surface area contributed by atoms with Crippen LogP contribution in [0.5, 0.6) is 0 Å². The number of aldehydes is 1. The van der Waals surface area contributed by atoms with E-state index in [0.717, 1.165) is 17.8 Å². The average Bonchev–Trinajstić information content (AvgIpc) is 2.96. The van der Waals surface area contributed by atoms with Crippen LogP contribution in [0.15, 0.2) is 10.6 Å². The molecule has 1 aliphatic rings. The SMILES string of the molecule is CC1CN(c2noc3c(F)c(F)c(C=O)cc23)C(=O)S1. The van der Waals surface area contributed by atoms with Gasteiger partial charge in [-0.2, -0.15) is 4.39 Å². The summed E-state index contributed by atoms with van der Waals surface area (Å²) in [5.41, 5.74) is -0.841. The third kappa shape index (κ3) is 1.79. The summed E-state index contributed by atoms with van der Waals surface area (Å²) in [4.78, 5) is 23.9. The number of thioether (sulfide) groups is 1. The van der Waals surface area contributed by atoms with Crippen molar-refractivity contribution in [1.29, 1.82) is 0 Å². The third-order valence-electron chi connectivity index (χ3n) is 3.00. The molecule has 0 N–H and O–H groups in total. The van der Waals surface area contributed by atoms with Gasteiger partial charge in [-0.15, -0.1) is 0 Å². The van der Waals surface area contributed by atoms with Crippen molar-refractivity contribution in [3.63, 3.8) is 0 Å². The van der Waals surface area contributed by atoms with Crippen LogP contribution in [0.3, 0.4) is 0 Å². The summed E-state index contributed by atoms with van der Waals surface area (Å²) >= 11 is 1.12. The van der Waals surface area contributed by atoms with Crippen molar-refractivity contribution in [2.24, 2.45) is 0 Å². The predicted molar refractivity (Wildman–Crippen MR) is 69.1 cm³/mol. The summed E-state index contributed by atoms with van der Waals surface area (Å²) in [5.74, 6) is -2.47. The highest BCUT2D eigenvalue weighted by molar-refractivity contribution is 8.14. The monoisotopic (exact) mass is 298 g/mol. The fraction of sp³-hybridized carbons (Fsp3) is 0.250. The molecule has 3 rings (SSSR count). The van der Waals surface area contributed by atoms with Crippen molar-refractivity contribution >= 4 is 40.1 Å². The number of carbonyl (C=O) groups is 2. The van der Waals surface area contributed by atoms with E-state index in [1.165, 1.54) is 4.90 Å². The van der Waals surface area contributed by atoms with Crippen molar-refractivity contribution in [2.45, 2.75) is 12.2 Å². The first-order chi connectivity index (χ1) is 9.52. The molecule has 0 bridgehead atoms. The molecular formula is C12H8F2N2O3S. The third-order valence-corrected chi connectivity index (χ3v) is 3.97. The molecule has 2 aromatic rings. The predicted octanol–water partition coefficient (Wildman–Crippen LogP) is 2.98. The fourth-order valence-electron chi connectivity index (χ4n) is 2.08. The van der Waals surface area contributed by atoms with Crippen LogP contribution in [0.2, 0.25) is 0 Å². The first-order valence-corrected chi connectivity index (χ1v) is 6.61. The standard InChI is InChI=1S/C12H8F2N2O3S/c1-5-3-16(12(18)20-5)11-7-2-6(4-17)8(13)9(14)10(7)19-15-11/h2,4-5H,3H2,1H3. The van der Waals surface area contributed by atoms with Crippen molar-refractivity contribution < 1.29 is 22.9 Å². The molecule has 104 valence electrons. The molecule has 1 aromatic heterocycles. The molecule has 2 heterocycles. The average molecular weight is 298 g/mol. The Morgan fingerprint density at radius 3 is 2.85 bits per heavy atom. The van der Waals surface area contributed by atoms with Crippen LogP contribution in [0.1, 0.15) is 17.3 Å². The van der Waals surface area contributed by atoms with E-state index in [4.69, 9.17) is 4.52 Å². The first-order valence-electron chi connectivity index (χ1n) is 5.73. The highest BCUT2D eigenvalue weighted by Crippen LogP contribution is 2.36. The number of rotatable bonds is 2. The van der Waals surface area contributed by atoms with Crippen molar-refractivity contribution in [3.8, 4) is 0 Å². The minimum atomic E-state index is -1.29. The van der Waals surface area contributed by atoms with Gasteiger partial charge in [-0.25, -0.2) is 4.39 Å². The van der Waals surface area contributed by atoms with Crippen LogP contribution in [0.25, 0.3) is 11.0 Å². The summed E-state index contributed by atoms with van der Waals surface area (Å²) in [6.45, 7) is 2.25. The molecule has 1 saturated heterocycles. The van der Waals surface area contributed by atoms with E-state index in [1.54, 1.807) is 0 Å². The number of halogens is 2. The van der Waals surface area contributed by atoms with Gasteiger partial charge in [-0.3, -0.25) is 14.5 Å². The zero-order valence-electron chi connectivity index (χ0n) is 10.2. The van der Waals surface area contributed by atoms with Crippen LogP contribution in [-0.4, -0.2) is 28.5 Å². The van der Waals surface area contributed by atoms with Crippen molar-refractivity contribution in [1.82, 2.24) is 5.16 Å². The van der Waals surface area contributed by atoms with Crippen molar-refractivity contribution in [3.05, 3.63) is 23.3 Å². The topological polar surface area (TPSA) is 63.4 Å². The molecular weight excluding hydrogens is 290 g/mol. The molecule has 1 unspecified atom stereocenters. The maximum absolute atomic E-state index is 13.7. The molecule has 1 atom stereocenters. The van der Waals surface area contributed by atoms with E-state index < -0.39 is 22.8 Å². The smallest absolute Gasteiger partial charge is 0.287 e. The molecule has 1 aliphatic heterocycles. The number of anilines is 1. The van der Waals surface area contributed by atoms with E-state index in [2.05, 4.69) is 5.16 Å². The summed E-state index contributed by atoms with van der Waals surface area (Å²) in [5, 5.41) is 3.55. The first kappa shape index (κ1) is 13.0. The quantitative estimate of drug-likeness (QED) is 0.798. The molecule has 0 spiro atoms. The van der Waals surface area contributed by atoms with E-state index in [-0.39, 0.29) is 28.0 Å². The molecule has 1 fully saturated rings. The second-order valence-corrected chi connectivity index (χ2v) is 5.79. The molecule has 0 radical (unpaired) electrons. The lowest BCUT2D eigenvalue weighted by molar-refractivity contribution is 0.111. The second-order valence-electron chi connectivity index (χ2n) is 4.40. The van der Waals surface area contributed by atoms with E-state index in [1.807, 2.05) is 6.92 Å². The lowest BCUT2D eigenvalue weighted by Crippen LogP contribution is -2.24. The Labute approximate surface area is 115 Å². The maximum Gasteiger partial charge on any atom is 0.287 e. The summed E-state index contributed by atoms with van der Waals surface area (Å²) in [7, 11) is 0. The van der Waals surface area contributed by atoms with Gasteiger partial charge >= 0.3 is 0 Å². The molecule has 8 heteroatoms. The Morgan fingerprint density at radius 2 is 2.25 bits per heavy atom. The van der Waals surface area contributed by atoms with Crippen LogP contribution < -0.4 is 4.90 Å². The van der Waals surface area contributed by atoms with Gasteiger partial charge in [-0.1, -0.05) is 23.8 Å². The van der Waals surface area contributed by atoms with Gasteiger partial charge in [0.05, 0.1) is 10.9 Å². The number of fused-ring (bicyclic) bond motifs is 1. The summed E-state index contributed by atoms with van der Waals surface area (Å²) in [6, 6.07) is 1.13. The van der Waals surface area contributed by atoms with Gasteiger partial charge in [0.2, 0.25) is 11.4 Å². The largest absolute Gasteiger partial charge is 0.351 e. The zero-order chi connectivity index (χ0) is 14.4. The molecule has 1 aromatic carbocycles. The molecule has 1 amide bonds. The number of nitrogens with zero attached hydrogens (tertiary/aromatic N) is 2. The highest BCUT2D eigenvalue weighted by Gasteiger charge is 2.33. The minimum absolute atomic E-state index is 0.0603. The van der Waals surface area contributed by atoms with E-state index in [0.29, 0.717) is 6.54 Å². The number of benzene rings is 1. The Bertz CT molecular complexity index is 731. The Kier molecular flexibility index (Phi) is 2.97. The van der Waals surface area contributed by atoms with E-state index >= 15 is 0 Å². The number of aromatic nitrogens is 1. The Hall–Kier alpha value is -1.96. The molecule has 0 saturated carbocycles. The van der Waals surface area contributed by atoms with Gasteiger partial charge in [0, 0.05) is 11.8 Å². The lowest BCUT2D eigenvalue weighted by Gasteiger charge is -2.10. The van der Waals surface area contributed by atoms with Gasteiger partial charge in [0.1, 0.15) is 0 Å². The van der Waals surface area contributed by atoms with Crippen LogP contribution in [0, 0.1) is 11.6 Å². The van der Waals surface area contributed by atoms with Crippen LogP contribution in [0.4, 0.5) is 19.4 Å². The fourth-order valence-corrected chi connectivity index (χ4v) is 2.94. The normalized spacial score (nSPS) is 19.1. The zero-order valence-corrected chi connectivity index (χ0v) is 11.0. The number of carbonyl (C=O) groups excluding carboxylic acids is 2. The summed E-state index contributed by atoms with van der Waals surface area (Å²) in [6.07, 6.45) is 0.206. The van der Waals surface area contributed by atoms with Gasteiger partial charge in [-0.05, 0) is 6.07 Å². The van der Waals surface area contributed by atoms with Crippen LogP contribution in [-0.2, 0) is 0 Å². The van der Waals surface area contributed by atoms with Crippen molar-refractivity contribution in [2.75, 3.05) is 11.4 Å². The number of hydrogen-bond donors (Lipinski definition) is 0. The number of amides is 1. The van der Waals surface area contributed by atoms with Crippen LogP contribution >= 0.6 is 11.8 Å². The van der Waals surface area contributed by atoms with Gasteiger partial charge in [0.25, 0.3) is 5.24 Å². The Morgan fingerprint density at radius 1 is 1.50 bits per heavy atom. The highest BCUT2D eigenvalue weighted by atomic mass is 32.2. The second kappa shape index (κ2) is 4.55. The minimum Gasteiger partial charge on any atom is -0.351 e. The maximum atomic E-state index is 13.7. The molecule has 0 aliphatic carbocycles.